The van der Waals surface area contributed by atoms with Gasteiger partial charge in [0.05, 0.1) is 24.3 Å². The van der Waals surface area contributed by atoms with Gasteiger partial charge in [-0.05, 0) is 25.0 Å². The first-order valence-corrected chi connectivity index (χ1v) is 8.32. The van der Waals surface area contributed by atoms with Crippen molar-refractivity contribution in [1.82, 2.24) is 9.97 Å². The molecular weight excluding hydrogens is 336 g/mol. The molecule has 1 aromatic heterocycles. The van der Waals surface area contributed by atoms with Gasteiger partial charge in [-0.1, -0.05) is 12.1 Å². The minimum atomic E-state index is -0.742. The third-order valence-corrected chi connectivity index (χ3v) is 4.42. The molecule has 1 aromatic carbocycles. The molecule has 136 valence electrons. The van der Waals surface area contributed by atoms with E-state index in [0.717, 1.165) is 5.82 Å². The maximum absolute atomic E-state index is 11.9. The summed E-state index contributed by atoms with van der Waals surface area (Å²) in [4.78, 5) is 33.5. The van der Waals surface area contributed by atoms with Gasteiger partial charge in [0.2, 0.25) is 0 Å². The van der Waals surface area contributed by atoms with Gasteiger partial charge in [-0.15, -0.1) is 0 Å². The molecule has 0 aliphatic carbocycles. The van der Waals surface area contributed by atoms with Crippen LogP contribution in [0, 0.1) is 5.92 Å². The van der Waals surface area contributed by atoms with Crippen LogP contribution in [0.2, 0.25) is 0 Å². The third-order valence-electron chi connectivity index (χ3n) is 4.42. The summed E-state index contributed by atoms with van der Waals surface area (Å²) >= 11 is 0. The number of nitrogens with one attached hydrogen (secondary N) is 1. The van der Waals surface area contributed by atoms with E-state index < -0.39 is 11.9 Å². The standard InChI is InChI=1S/C18H20N4O4/c1-26-18(25)13-4-2-3-5-14(13)21-15-10-16(20-11-19-15)22-8-6-12(7-9-22)17(23)24/h2-5,10-12H,6-9H2,1H3,(H,23,24)(H,19,20,21). The molecule has 2 N–H and O–H groups in total. The van der Waals surface area contributed by atoms with Gasteiger partial charge in [-0.3, -0.25) is 4.79 Å². The molecule has 1 aliphatic rings. The van der Waals surface area contributed by atoms with Gasteiger partial charge in [-0.2, -0.15) is 0 Å². The quantitative estimate of drug-likeness (QED) is 0.787. The van der Waals surface area contributed by atoms with Crippen molar-refractivity contribution < 1.29 is 19.4 Å². The number of carbonyl (C=O) groups is 2. The number of anilines is 3. The minimum Gasteiger partial charge on any atom is -0.481 e. The Morgan fingerprint density at radius 2 is 1.96 bits per heavy atom. The number of aromatic nitrogens is 2. The van der Waals surface area contributed by atoms with Gasteiger partial charge in [-0.25, -0.2) is 14.8 Å². The first-order chi connectivity index (χ1) is 12.6. The molecule has 8 heteroatoms. The zero-order chi connectivity index (χ0) is 18.5. The Morgan fingerprint density at radius 1 is 1.23 bits per heavy atom. The van der Waals surface area contributed by atoms with Crippen molar-refractivity contribution in [2.24, 2.45) is 5.92 Å². The molecule has 2 aromatic rings. The van der Waals surface area contributed by atoms with Crippen molar-refractivity contribution in [3.05, 3.63) is 42.2 Å². The van der Waals surface area contributed by atoms with Crippen LogP contribution in [0.25, 0.3) is 0 Å². The molecule has 3 rings (SSSR count). The summed E-state index contributed by atoms with van der Waals surface area (Å²) in [5, 5.41) is 12.2. The smallest absolute Gasteiger partial charge is 0.339 e. The summed E-state index contributed by atoms with van der Waals surface area (Å²) in [6, 6.07) is 8.80. The molecule has 1 fully saturated rings. The number of carboxylic acid groups (broad SMARTS) is 1. The number of ether oxygens (including phenoxy) is 1. The lowest BCUT2D eigenvalue weighted by Gasteiger charge is -2.31. The van der Waals surface area contributed by atoms with E-state index in [1.807, 2.05) is 11.0 Å². The number of para-hydroxylation sites is 1. The highest BCUT2D eigenvalue weighted by Gasteiger charge is 2.25. The average Bonchev–Trinajstić information content (AvgIpc) is 2.68. The normalized spacial score (nSPS) is 14.7. The number of hydrogen-bond donors (Lipinski definition) is 2. The van der Waals surface area contributed by atoms with Gasteiger partial charge in [0.25, 0.3) is 0 Å². The first-order valence-electron chi connectivity index (χ1n) is 8.32. The number of piperidine rings is 1. The highest BCUT2D eigenvalue weighted by molar-refractivity contribution is 5.96. The molecule has 0 radical (unpaired) electrons. The van der Waals surface area contributed by atoms with Crippen LogP contribution in [0.4, 0.5) is 17.3 Å². The second kappa shape index (κ2) is 7.81. The second-order valence-electron chi connectivity index (χ2n) is 6.02. The molecule has 0 saturated carbocycles. The summed E-state index contributed by atoms with van der Waals surface area (Å²) in [6.07, 6.45) is 2.63. The molecule has 2 heterocycles. The van der Waals surface area contributed by atoms with Crippen molar-refractivity contribution in [1.29, 1.82) is 0 Å². The summed E-state index contributed by atoms with van der Waals surface area (Å²) < 4.78 is 4.80. The lowest BCUT2D eigenvalue weighted by Crippen LogP contribution is -2.36. The zero-order valence-corrected chi connectivity index (χ0v) is 14.4. The van der Waals surface area contributed by atoms with Crippen molar-refractivity contribution in [3.63, 3.8) is 0 Å². The third kappa shape index (κ3) is 3.90. The van der Waals surface area contributed by atoms with Gasteiger partial charge >= 0.3 is 11.9 Å². The SMILES string of the molecule is COC(=O)c1ccccc1Nc1cc(N2CCC(C(=O)O)CC2)ncn1. The summed E-state index contributed by atoms with van der Waals surface area (Å²) in [6.45, 7) is 1.26. The molecule has 0 unspecified atom stereocenters. The highest BCUT2D eigenvalue weighted by Crippen LogP contribution is 2.25. The van der Waals surface area contributed by atoms with Crippen LogP contribution in [0.3, 0.4) is 0 Å². The molecule has 0 atom stereocenters. The highest BCUT2D eigenvalue weighted by atomic mass is 16.5. The predicted octanol–water partition coefficient (Wildman–Crippen LogP) is 2.31. The molecule has 1 aliphatic heterocycles. The molecule has 0 amide bonds. The van der Waals surface area contributed by atoms with E-state index in [1.165, 1.54) is 13.4 Å². The van der Waals surface area contributed by atoms with Crippen molar-refractivity contribution in [2.45, 2.75) is 12.8 Å². The number of nitrogens with zero attached hydrogens (tertiary/aromatic N) is 3. The molecule has 0 bridgehead atoms. The van der Waals surface area contributed by atoms with Gasteiger partial charge in [0, 0.05) is 19.2 Å². The molecule has 0 spiro atoms. The van der Waals surface area contributed by atoms with Crippen LogP contribution in [0.15, 0.2) is 36.7 Å². The number of carbonyl (C=O) groups excluding carboxylic acids is 1. The summed E-state index contributed by atoms with van der Waals surface area (Å²) in [7, 11) is 1.34. The second-order valence-corrected chi connectivity index (χ2v) is 6.02. The largest absolute Gasteiger partial charge is 0.481 e. The maximum Gasteiger partial charge on any atom is 0.339 e. The number of aliphatic carboxylic acids is 1. The van der Waals surface area contributed by atoms with E-state index in [1.54, 1.807) is 24.3 Å². The Morgan fingerprint density at radius 3 is 2.65 bits per heavy atom. The van der Waals surface area contributed by atoms with Crippen molar-refractivity contribution in [2.75, 3.05) is 30.4 Å². The van der Waals surface area contributed by atoms with Gasteiger partial charge < -0.3 is 20.1 Å². The van der Waals surface area contributed by atoms with E-state index in [4.69, 9.17) is 9.84 Å². The maximum atomic E-state index is 11.9. The number of carboxylic acids is 1. The number of benzene rings is 1. The van der Waals surface area contributed by atoms with E-state index in [9.17, 15) is 9.59 Å². The monoisotopic (exact) mass is 356 g/mol. The fourth-order valence-electron chi connectivity index (χ4n) is 2.96. The van der Waals surface area contributed by atoms with Crippen LogP contribution in [-0.4, -0.2) is 47.2 Å². The van der Waals surface area contributed by atoms with E-state index in [2.05, 4.69) is 15.3 Å². The zero-order valence-electron chi connectivity index (χ0n) is 14.4. The lowest BCUT2D eigenvalue weighted by atomic mass is 9.97. The number of esters is 1. The number of hydrogen-bond acceptors (Lipinski definition) is 7. The predicted molar refractivity (Wildman–Crippen MR) is 95.7 cm³/mol. The van der Waals surface area contributed by atoms with Crippen LogP contribution in [0.1, 0.15) is 23.2 Å². The summed E-state index contributed by atoms with van der Waals surface area (Å²) in [5.74, 6) is -0.196. The van der Waals surface area contributed by atoms with Crippen molar-refractivity contribution >= 4 is 29.3 Å². The van der Waals surface area contributed by atoms with Crippen LogP contribution >= 0.6 is 0 Å². The topological polar surface area (TPSA) is 105 Å². The molecule has 1 saturated heterocycles. The number of rotatable bonds is 5. The summed E-state index contributed by atoms with van der Waals surface area (Å²) in [5.41, 5.74) is 1.01. The Labute approximate surface area is 150 Å². The minimum absolute atomic E-state index is 0.294. The van der Waals surface area contributed by atoms with Crippen LogP contribution < -0.4 is 10.2 Å². The van der Waals surface area contributed by atoms with Crippen molar-refractivity contribution in [3.8, 4) is 0 Å². The van der Waals surface area contributed by atoms with Crippen LogP contribution in [-0.2, 0) is 9.53 Å². The van der Waals surface area contributed by atoms with E-state index in [-0.39, 0.29) is 5.92 Å². The fraction of sp³-hybridized carbons (Fsp3) is 0.333. The van der Waals surface area contributed by atoms with Gasteiger partial charge in [0.1, 0.15) is 18.0 Å². The average molecular weight is 356 g/mol. The Balaban J connectivity index is 1.75. The number of methoxy groups -OCH3 is 1. The van der Waals surface area contributed by atoms with Crippen LogP contribution in [0.5, 0.6) is 0 Å². The molecular formula is C18H20N4O4. The Bertz CT molecular complexity index is 803. The first kappa shape index (κ1) is 17.7. The lowest BCUT2D eigenvalue weighted by molar-refractivity contribution is -0.142. The van der Waals surface area contributed by atoms with E-state index >= 15 is 0 Å². The van der Waals surface area contributed by atoms with Gasteiger partial charge in [0.15, 0.2) is 0 Å². The van der Waals surface area contributed by atoms with E-state index in [0.29, 0.717) is 43.0 Å². The molecule has 8 nitrogen and oxygen atoms in total. The molecule has 26 heavy (non-hydrogen) atoms. The Kier molecular flexibility index (Phi) is 5.31. The fourth-order valence-corrected chi connectivity index (χ4v) is 2.96. The Hall–Kier alpha value is -3.16.